The molecular formula is C15H12F5NO3S. The molecule has 0 radical (unpaired) electrons. The number of alkyl halides is 3. The van der Waals surface area contributed by atoms with Gasteiger partial charge in [-0.25, -0.2) is 17.2 Å². The minimum atomic E-state index is -5.43. The number of halogens is 5. The van der Waals surface area contributed by atoms with E-state index in [2.05, 4.69) is 5.32 Å². The van der Waals surface area contributed by atoms with E-state index in [4.69, 9.17) is 0 Å². The zero-order chi connectivity index (χ0) is 18.8. The Hall–Kier alpha value is -2.20. The van der Waals surface area contributed by atoms with Crippen LogP contribution < -0.4 is 5.32 Å². The van der Waals surface area contributed by atoms with Crippen LogP contribution in [0.4, 0.5) is 27.6 Å². The van der Waals surface area contributed by atoms with E-state index in [-0.39, 0.29) is 17.8 Å². The zero-order valence-electron chi connectivity index (χ0n) is 12.4. The van der Waals surface area contributed by atoms with Gasteiger partial charge in [0.05, 0.1) is 11.0 Å². The van der Waals surface area contributed by atoms with Gasteiger partial charge in [-0.15, -0.1) is 0 Å². The second kappa shape index (κ2) is 6.96. The van der Waals surface area contributed by atoms with E-state index in [1.54, 1.807) is 0 Å². The standard InChI is InChI=1S/C15H12F5NO3S/c16-12-6-1-9(7-13(12)17)14(22)8-21-10-2-4-11(5-3-10)25(23,24)15(18,19)20/h1-7,14,21-22H,8H2. The summed E-state index contributed by atoms with van der Waals surface area (Å²) in [4.78, 5) is -0.910. The van der Waals surface area contributed by atoms with Gasteiger partial charge in [0, 0.05) is 12.2 Å². The molecular weight excluding hydrogens is 369 g/mol. The molecule has 0 heterocycles. The molecule has 0 saturated heterocycles. The van der Waals surface area contributed by atoms with Crippen molar-refractivity contribution >= 4 is 15.5 Å². The molecule has 0 aromatic heterocycles. The van der Waals surface area contributed by atoms with Crippen LogP contribution >= 0.6 is 0 Å². The van der Waals surface area contributed by atoms with E-state index in [9.17, 15) is 35.5 Å². The predicted molar refractivity (Wildman–Crippen MR) is 79.5 cm³/mol. The Balaban J connectivity index is 2.05. The number of benzene rings is 2. The third-order valence-electron chi connectivity index (χ3n) is 3.30. The molecule has 2 aromatic rings. The summed E-state index contributed by atoms with van der Waals surface area (Å²) >= 11 is 0. The summed E-state index contributed by atoms with van der Waals surface area (Å²) in [5, 5.41) is 12.5. The predicted octanol–water partition coefficient (Wildman–Crippen LogP) is 3.40. The third-order valence-corrected chi connectivity index (χ3v) is 4.80. The lowest BCUT2D eigenvalue weighted by Crippen LogP contribution is -2.23. The molecule has 10 heteroatoms. The average Bonchev–Trinajstić information content (AvgIpc) is 2.54. The summed E-state index contributed by atoms with van der Waals surface area (Å²) < 4.78 is 85.7. The first kappa shape index (κ1) is 19.1. The highest BCUT2D eigenvalue weighted by Crippen LogP contribution is 2.30. The van der Waals surface area contributed by atoms with Crippen LogP contribution in [0.5, 0.6) is 0 Å². The lowest BCUT2D eigenvalue weighted by molar-refractivity contribution is -0.0436. The summed E-state index contributed by atoms with van der Waals surface area (Å²) in [6, 6.07) is 6.59. The first-order chi connectivity index (χ1) is 11.5. The van der Waals surface area contributed by atoms with Crippen LogP contribution in [0.3, 0.4) is 0 Å². The number of sulfone groups is 1. The van der Waals surface area contributed by atoms with Gasteiger partial charge in [-0.2, -0.15) is 13.2 Å². The van der Waals surface area contributed by atoms with Gasteiger partial charge in [-0.05, 0) is 42.0 Å². The van der Waals surface area contributed by atoms with Crippen molar-refractivity contribution in [2.45, 2.75) is 16.5 Å². The van der Waals surface area contributed by atoms with Gasteiger partial charge in [0.2, 0.25) is 0 Å². The maximum Gasteiger partial charge on any atom is 0.501 e. The lowest BCUT2D eigenvalue weighted by atomic mass is 10.1. The third kappa shape index (κ3) is 4.26. The Morgan fingerprint density at radius 1 is 1.00 bits per heavy atom. The number of anilines is 1. The molecule has 0 aliphatic rings. The normalized spacial score (nSPS) is 13.5. The molecule has 25 heavy (non-hydrogen) atoms. The van der Waals surface area contributed by atoms with Crippen molar-refractivity contribution < 1.29 is 35.5 Å². The number of aliphatic hydroxyl groups excluding tert-OH is 1. The van der Waals surface area contributed by atoms with Crippen LogP contribution in [0.1, 0.15) is 11.7 Å². The molecule has 0 amide bonds. The first-order valence-electron chi connectivity index (χ1n) is 6.80. The molecule has 0 fully saturated rings. The first-order valence-corrected chi connectivity index (χ1v) is 8.29. The maximum absolute atomic E-state index is 13.1. The molecule has 0 aliphatic heterocycles. The van der Waals surface area contributed by atoms with Gasteiger partial charge in [0.15, 0.2) is 11.6 Å². The van der Waals surface area contributed by atoms with Crippen molar-refractivity contribution in [1.29, 1.82) is 0 Å². The number of nitrogens with one attached hydrogen (secondary N) is 1. The Kier molecular flexibility index (Phi) is 5.33. The topological polar surface area (TPSA) is 66.4 Å². The molecule has 2 N–H and O–H groups in total. The Morgan fingerprint density at radius 2 is 1.60 bits per heavy atom. The summed E-state index contributed by atoms with van der Waals surface area (Å²) in [6.45, 7) is -0.156. The van der Waals surface area contributed by atoms with Crippen LogP contribution in [0.25, 0.3) is 0 Å². The SMILES string of the molecule is O=S(=O)(c1ccc(NCC(O)c2ccc(F)c(F)c2)cc1)C(F)(F)F. The highest BCUT2D eigenvalue weighted by Gasteiger charge is 2.46. The van der Waals surface area contributed by atoms with E-state index in [0.717, 1.165) is 36.4 Å². The minimum Gasteiger partial charge on any atom is -0.387 e. The van der Waals surface area contributed by atoms with E-state index < -0.39 is 38.0 Å². The fourth-order valence-corrected chi connectivity index (χ4v) is 2.70. The molecule has 1 unspecified atom stereocenters. The van der Waals surface area contributed by atoms with Crippen molar-refractivity contribution in [2.24, 2.45) is 0 Å². The van der Waals surface area contributed by atoms with E-state index in [1.807, 2.05) is 0 Å². The Morgan fingerprint density at radius 3 is 2.12 bits per heavy atom. The van der Waals surface area contributed by atoms with Crippen molar-refractivity contribution in [3.63, 3.8) is 0 Å². The second-order valence-corrected chi connectivity index (χ2v) is 6.98. The minimum absolute atomic E-state index is 0.0997. The van der Waals surface area contributed by atoms with Crippen molar-refractivity contribution in [1.82, 2.24) is 0 Å². The van der Waals surface area contributed by atoms with E-state index in [0.29, 0.717) is 0 Å². The zero-order valence-corrected chi connectivity index (χ0v) is 13.2. The van der Waals surface area contributed by atoms with Crippen LogP contribution in [0, 0.1) is 11.6 Å². The monoisotopic (exact) mass is 381 g/mol. The fourth-order valence-electron chi connectivity index (χ4n) is 1.94. The van der Waals surface area contributed by atoms with Crippen LogP contribution in [0.15, 0.2) is 47.4 Å². The number of hydrogen-bond acceptors (Lipinski definition) is 4. The van der Waals surface area contributed by atoms with Crippen LogP contribution in [-0.4, -0.2) is 25.6 Å². The van der Waals surface area contributed by atoms with Crippen molar-refractivity contribution in [3.8, 4) is 0 Å². The summed E-state index contributed by atoms with van der Waals surface area (Å²) in [5.74, 6) is -2.19. The number of aliphatic hydroxyl groups is 1. The molecule has 1 atom stereocenters. The molecule has 2 aromatic carbocycles. The van der Waals surface area contributed by atoms with Gasteiger partial charge in [0.25, 0.3) is 9.84 Å². The highest BCUT2D eigenvalue weighted by atomic mass is 32.2. The molecule has 0 saturated carbocycles. The summed E-state index contributed by atoms with van der Waals surface area (Å²) in [6.07, 6.45) is -1.21. The van der Waals surface area contributed by atoms with Gasteiger partial charge in [0.1, 0.15) is 0 Å². The Labute approximate surface area is 139 Å². The summed E-state index contributed by atoms with van der Waals surface area (Å²) in [5.41, 5.74) is -5.06. The largest absolute Gasteiger partial charge is 0.501 e. The summed E-state index contributed by atoms with van der Waals surface area (Å²) in [7, 11) is -5.43. The second-order valence-electron chi connectivity index (χ2n) is 5.04. The van der Waals surface area contributed by atoms with Crippen LogP contribution in [-0.2, 0) is 9.84 Å². The fraction of sp³-hybridized carbons (Fsp3) is 0.200. The molecule has 2 rings (SSSR count). The van der Waals surface area contributed by atoms with Gasteiger partial charge in [-0.3, -0.25) is 0 Å². The quantitative estimate of drug-likeness (QED) is 0.779. The van der Waals surface area contributed by atoms with E-state index in [1.165, 1.54) is 6.07 Å². The molecule has 0 bridgehead atoms. The molecule has 0 spiro atoms. The maximum atomic E-state index is 13.1. The average molecular weight is 381 g/mol. The molecule has 4 nitrogen and oxygen atoms in total. The van der Waals surface area contributed by atoms with E-state index >= 15 is 0 Å². The number of rotatable bonds is 5. The van der Waals surface area contributed by atoms with Gasteiger partial charge < -0.3 is 10.4 Å². The van der Waals surface area contributed by atoms with Crippen LogP contribution in [0.2, 0.25) is 0 Å². The Bertz CT molecular complexity index is 850. The number of hydrogen-bond donors (Lipinski definition) is 2. The highest BCUT2D eigenvalue weighted by molar-refractivity contribution is 7.92. The lowest BCUT2D eigenvalue weighted by Gasteiger charge is -2.14. The smallest absolute Gasteiger partial charge is 0.387 e. The van der Waals surface area contributed by atoms with Crippen molar-refractivity contribution in [2.75, 3.05) is 11.9 Å². The van der Waals surface area contributed by atoms with Gasteiger partial charge >= 0.3 is 5.51 Å². The van der Waals surface area contributed by atoms with Gasteiger partial charge in [-0.1, -0.05) is 6.07 Å². The van der Waals surface area contributed by atoms with Crippen molar-refractivity contribution in [3.05, 3.63) is 59.7 Å². The molecule has 136 valence electrons. The molecule has 0 aliphatic carbocycles.